The standard InChI is InChI=1S/C19H21ClN2O2S/c1-13-6-8-14(9-7-13)18(23)22-17(10-11-25-2)19(24)21-16-5-3-4-15(20)12-16/h3-9,12,17H,10-11H2,1-2H3,(H,21,24)(H,22,23)/t17-/m0/s1. The van der Waals surface area contributed by atoms with Crippen molar-refractivity contribution in [2.45, 2.75) is 19.4 Å². The lowest BCUT2D eigenvalue weighted by Gasteiger charge is -2.18. The molecule has 0 aliphatic heterocycles. The highest BCUT2D eigenvalue weighted by Crippen LogP contribution is 2.16. The first-order valence-corrected chi connectivity index (χ1v) is 9.69. The minimum absolute atomic E-state index is 0.253. The zero-order valence-electron chi connectivity index (χ0n) is 14.2. The number of aryl methyl sites for hydroxylation is 1. The van der Waals surface area contributed by atoms with E-state index in [4.69, 9.17) is 11.6 Å². The molecule has 1 atom stereocenters. The second-order valence-electron chi connectivity index (χ2n) is 5.67. The summed E-state index contributed by atoms with van der Waals surface area (Å²) < 4.78 is 0. The largest absolute Gasteiger partial charge is 0.340 e. The molecular formula is C19H21ClN2O2S. The van der Waals surface area contributed by atoms with E-state index in [1.807, 2.05) is 25.3 Å². The molecule has 0 heterocycles. The maximum atomic E-state index is 12.6. The third-order valence-electron chi connectivity index (χ3n) is 3.64. The number of benzene rings is 2. The summed E-state index contributed by atoms with van der Waals surface area (Å²) in [4.78, 5) is 25.0. The summed E-state index contributed by atoms with van der Waals surface area (Å²) in [5, 5.41) is 6.18. The van der Waals surface area contributed by atoms with Crippen molar-refractivity contribution in [3.8, 4) is 0 Å². The van der Waals surface area contributed by atoms with Crippen molar-refractivity contribution in [2.24, 2.45) is 0 Å². The highest BCUT2D eigenvalue weighted by Gasteiger charge is 2.21. The van der Waals surface area contributed by atoms with Crippen LogP contribution in [0.1, 0.15) is 22.3 Å². The Labute approximate surface area is 157 Å². The molecule has 0 bridgehead atoms. The van der Waals surface area contributed by atoms with Gasteiger partial charge in [0.05, 0.1) is 0 Å². The van der Waals surface area contributed by atoms with Crippen molar-refractivity contribution in [2.75, 3.05) is 17.3 Å². The molecule has 4 nitrogen and oxygen atoms in total. The molecule has 0 radical (unpaired) electrons. The Bertz CT molecular complexity index is 734. The van der Waals surface area contributed by atoms with E-state index in [-0.39, 0.29) is 11.8 Å². The highest BCUT2D eigenvalue weighted by atomic mass is 35.5. The van der Waals surface area contributed by atoms with Gasteiger partial charge in [-0.15, -0.1) is 0 Å². The molecule has 0 saturated carbocycles. The van der Waals surface area contributed by atoms with Crippen molar-refractivity contribution in [1.82, 2.24) is 5.32 Å². The first-order chi connectivity index (χ1) is 12.0. The van der Waals surface area contributed by atoms with E-state index >= 15 is 0 Å². The van der Waals surface area contributed by atoms with Crippen LogP contribution >= 0.6 is 23.4 Å². The van der Waals surface area contributed by atoms with Gasteiger partial charge in [-0.1, -0.05) is 35.4 Å². The Kier molecular flexibility index (Phi) is 7.34. The Morgan fingerprint density at radius 3 is 2.52 bits per heavy atom. The van der Waals surface area contributed by atoms with Crippen LogP contribution in [0.2, 0.25) is 5.02 Å². The monoisotopic (exact) mass is 376 g/mol. The van der Waals surface area contributed by atoms with Crippen LogP contribution in [-0.4, -0.2) is 29.9 Å². The highest BCUT2D eigenvalue weighted by molar-refractivity contribution is 7.98. The topological polar surface area (TPSA) is 58.2 Å². The average Bonchev–Trinajstić information content (AvgIpc) is 2.59. The summed E-state index contributed by atoms with van der Waals surface area (Å²) in [5.41, 5.74) is 2.22. The lowest BCUT2D eigenvalue weighted by atomic mass is 10.1. The zero-order chi connectivity index (χ0) is 18.2. The first-order valence-electron chi connectivity index (χ1n) is 7.92. The van der Waals surface area contributed by atoms with Gasteiger partial charge in [0.15, 0.2) is 0 Å². The van der Waals surface area contributed by atoms with Gasteiger partial charge >= 0.3 is 0 Å². The van der Waals surface area contributed by atoms with Crippen LogP contribution in [0.25, 0.3) is 0 Å². The van der Waals surface area contributed by atoms with Gasteiger partial charge in [0.25, 0.3) is 5.91 Å². The summed E-state index contributed by atoms with van der Waals surface area (Å²) in [6.07, 6.45) is 2.51. The predicted octanol–water partition coefficient (Wildman–Crippen LogP) is 4.14. The fourth-order valence-electron chi connectivity index (χ4n) is 2.25. The van der Waals surface area contributed by atoms with Gasteiger partial charge in [-0.25, -0.2) is 0 Å². The quantitative estimate of drug-likeness (QED) is 0.763. The third kappa shape index (κ3) is 6.11. The van der Waals surface area contributed by atoms with Crippen molar-refractivity contribution < 1.29 is 9.59 Å². The lowest BCUT2D eigenvalue weighted by Crippen LogP contribution is -2.44. The van der Waals surface area contributed by atoms with Crippen molar-refractivity contribution >= 4 is 40.9 Å². The molecule has 0 aliphatic rings. The number of amides is 2. The van der Waals surface area contributed by atoms with Crippen LogP contribution in [0.5, 0.6) is 0 Å². The predicted molar refractivity (Wildman–Crippen MR) is 106 cm³/mol. The van der Waals surface area contributed by atoms with E-state index < -0.39 is 6.04 Å². The van der Waals surface area contributed by atoms with E-state index in [1.54, 1.807) is 48.2 Å². The lowest BCUT2D eigenvalue weighted by molar-refractivity contribution is -0.118. The van der Waals surface area contributed by atoms with E-state index in [0.717, 1.165) is 11.3 Å². The van der Waals surface area contributed by atoms with Gasteiger partial charge in [0.1, 0.15) is 6.04 Å². The zero-order valence-corrected chi connectivity index (χ0v) is 15.8. The maximum Gasteiger partial charge on any atom is 0.251 e. The van der Waals surface area contributed by atoms with E-state index in [1.165, 1.54) is 0 Å². The normalized spacial score (nSPS) is 11.6. The number of hydrogen-bond acceptors (Lipinski definition) is 3. The molecule has 6 heteroatoms. The van der Waals surface area contributed by atoms with Crippen LogP contribution in [0.3, 0.4) is 0 Å². The fraction of sp³-hybridized carbons (Fsp3) is 0.263. The summed E-state index contributed by atoms with van der Waals surface area (Å²) in [6, 6.07) is 13.6. The number of anilines is 1. The summed E-state index contributed by atoms with van der Waals surface area (Å²) in [7, 11) is 0. The van der Waals surface area contributed by atoms with Crippen LogP contribution in [0.4, 0.5) is 5.69 Å². The molecule has 0 unspecified atom stereocenters. The Balaban J connectivity index is 2.07. The minimum atomic E-state index is -0.611. The van der Waals surface area contributed by atoms with Crippen LogP contribution in [0.15, 0.2) is 48.5 Å². The van der Waals surface area contributed by atoms with Crippen LogP contribution in [-0.2, 0) is 4.79 Å². The molecule has 2 aromatic carbocycles. The number of thioether (sulfide) groups is 1. The Hall–Kier alpha value is -1.98. The molecule has 0 aromatic heterocycles. The number of carbonyl (C=O) groups excluding carboxylic acids is 2. The van der Waals surface area contributed by atoms with Crippen molar-refractivity contribution in [1.29, 1.82) is 0 Å². The molecule has 0 fully saturated rings. The summed E-state index contributed by atoms with van der Waals surface area (Å²) >= 11 is 7.57. The van der Waals surface area contributed by atoms with Gasteiger partial charge in [-0.2, -0.15) is 11.8 Å². The summed E-state index contributed by atoms with van der Waals surface area (Å²) in [5.74, 6) is 0.256. The van der Waals surface area contributed by atoms with Gasteiger partial charge in [0, 0.05) is 16.3 Å². The van der Waals surface area contributed by atoms with Gasteiger partial charge < -0.3 is 10.6 Å². The second kappa shape index (κ2) is 9.49. The fourth-order valence-corrected chi connectivity index (χ4v) is 2.91. The van der Waals surface area contributed by atoms with E-state index in [9.17, 15) is 9.59 Å². The number of hydrogen-bond donors (Lipinski definition) is 2. The Morgan fingerprint density at radius 2 is 1.88 bits per heavy atom. The molecule has 0 saturated heterocycles. The molecule has 2 aromatic rings. The van der Waals surface area contributed by atoms with Gasteiger partial charge in [0.2, 0.25) is 5.91 Å². The Morgan fingerprint density at radius 1 is 1.16 bits per heavy atom. The van der Waals surface area contributed by atoms with Crippen molar-refractivity contribution in [3.63, 3.8) is 0 Å². The molecule has 2 amide bonds. The van der Waals surface area contributed by atoms with Crippen LogP contribution in [0, 0.1) is 6.92 Å². The average molecular weight is 377 g/mol. The van der Waals surface area contributed by atoms with Gasteiger partial charge in [-0.05, 0) is 55.7 Å². The number of nitrogens with one attached hydrogen (secondary N) is 2. The molecule has 2 N–H and O–H groups in total. The third-order valence-corrected chi connectivity index (χ3v) is 4.52. The van der Waals surface area contributed by atoms with Crippen molar-refractivity contribution in [3.05, 3.63) is 64.7 Å². The SMILES string of the molecule is CSCC[C@H](NC(=O)c1ccc(C)cc1)C(=O)Nc1cccc(Cl)c1. The van der Waals surface area contributed by atoms with E-state index in [0.29, 0.717) is 22.7 Å². The number of carbonyl (C=O) groups is 2. The molecule has 25 heavy (non-hydrogen) atoms. The van der Waals surface area contributed by atoms with Gasteiger partial charge in [-0.3, -0.25) is 9.59 Å². The molecule has 0 spiro atoms. The molecule has 2 rings (SSSR count). The molecule has 0 aliphatic carbocycles. The van der Waals surface area contributed by atoms with E-state index in [2.05, 4.69) is 10.6 Å². The maximum absolute atomic E-state index is 12.6. The smallest absolute Gasteiger partial charge is 0.251 e. The number of rotatable bonds is 7. The summed E-state index contributed by atoms with van der Waals surface area (Å²) in [6.45, 7) is 1.96. The number of halogens is 1. The first kappa shape index (κ1) is 19.3. The van der Waals surface area contributed by atoms with Crippen LogP contribution < -0.4 is 10.6 Å². The molecule has 132 valence electrons. The second-order valence-corrected chi connectivity index (χ2v) is 7.10. The molecular weight excluding hydrogens is 356 g/mol. The minimum Gasteiger partial charge on any atom is -0.340 e.